The summed E-state index contributed by atoms with van der Waals surface area (Å²) in [5.41, 5.74) is 34.5. The SMILES string of the molecule is CSCC[C@H](NC(=O)[C@H](Cc1cnc[nH]1)NC(=O)CNC(=O)[C@H](CCCNC(N)=O)NC(=O)[C@@H](N)CCCNC(=N)N)C(=O)N[C@@H](Cc1ccccc1)C(=O)N[C@@H](CCCNC(N)=O)C(=O)N[C@H](C(=O)N[C@@H](Cc1ccc(O)cc1)C(=O)N[C@@H](CCCNC(N)=O)C(=O)N[C@@H](Cc1ccccc1)C(=O)N[C@@H](CCCNC(=N)N)C(=O)O)C(C)C. The second-order valence-corrected chi connectivity index (χ2v) is 29.1. The van der Waals surface area contributed by atoms with Gasteiger partial charge in [-0.05, 0) is 117 Å². The van der Waals surface area contributed by atoms with Crippen LogP contribution in [0.1, 0.15) is 107 Å². The molecule has 0 spiro atoms. The van der Waals surface area contributed by atoms with Crippen molar-refractivity contribution in [3.63, 3.8) is 0 Å². The van der Waals surface area contributed by atoms with Crippen LogP contribution in [0.15, 0.2) is 97.5 Å². The summed E-state index contributed by atoms with van der Waals surface area (Å²) < 4.78 is 0. The van der Waals surface area contributed by atoms with Gasteiger partial charge >= 0.3 is 24.1 Å². The molecule has 0 saturated carbocycles. The number of phenolic OH excluding ortho intramolecular Hbond substituents is 1. The third-order valence-electron chi connectivity index (χ3n) is 18.1. The number of amides is 17. The third kappa shape index (κ3) is 39.4. The molecule has 44 heteroatoms. The number of thioether (sulfide) groups is 1. The van der Waals surface area contributed by atoms with Crippen molar-refractivity contribution >= 4 is 113 Å². The molecule has 43 nitrogen and oxygen atoms in total. The van der Waals surface area contributed by atoms with Gasteiger partial charge in [-0.25, -0.2) is 24.2 Å². The van der Waals surface area contributed by atoms with Crippen LogP contribution in [0.25, 0.3) is 0 Å². The molecule has 3 aromatic carbocycles. The van der Waals surface area contributed by atoms with Crippen molar-refractivity contribution < 1.29 is 82.1 Å². The molecule has 4 rings (SSSR count). The predicted molar refractivity (Wildman–Crippen MR) is 439 cm³/mol. The number of carbonyl (C=O) groups excluding carboxylic acids is 14. The molecule has 0 aliphatic rings. The number of aromatic amines is 1. The first kappa shape index (κ1) is 98.3. The maximum atomic E-state index is 15.0. The number of benzene rings is 3. The Morgan fingerprint density at radius 2 is 0.765 bits per heavy atom. The van der Waals surface area contributed by atoms with E-state index < -0.39 is 168 Å². The first-order valence-corrected chi connectivity index (χ1v) is 39.9. The lowest BCUT2D eigenvalue weighted by Crippen LogP contribution is -2.61. The third-order valence-corrected chi connectivity index (χ3v) is 18.8. The Labute approximate surface area is 691 Å². The molecule has 11 atom stereocenters. The fraction of sp³-hybridized carbons (Fsp3) is 0.493. The van der Waals surface area contributed by atoms with Crippen molar-refractivity contribution in [3.8, 4) is 5.75 Å². The van der Waals surface area contributed by atoms with Gasteiger partial charge in [0.05, 0.1) is 18.9 Å². The Bertz CT molecular complexity index is 4000. The largest absolute Gasteiger partial charge is 0.508 e. The summed E-state index contributed by atoms with van der Waals surface area (Å²) in [6, 6.07) is 3.53. The van der Waals surface area contributed by atoms with Gasteiger partial charge in [-0.1, -0.05) is 86.6 Å². The zero-order chi connectivity index (χ0) is 87.9. The zero-order valence-corrected chi connectivity index (χ0v) is 67.4. The number of primary amides is 3. The average molecular weight is 1680 g/mol. The summed E-state index contributed by atoms with van der Waals surface area (Å²) in [6.45, 7) is 2.49. The Balaban J connectivity index is 1.66. The van der Waals surface area contributed by atoms with E-state index in [0.29, 0.717) is 28.8 Å². The van der Waals surface area contributed by atoms with Crippen molar-refractivity contribution in [1.29, 1.82) is 10.8 Å². The van der Waals surface area contributed by atoms with Crippen LogP contribution in [0, 0.1) is 16.7 Å². The van der Waals surface area contributed by atoms with Gasteiger partial charge < -0.3 is 135 Å². The fourth-order valence-electron chi connectivity index (χ4n) is 11.8. The summed E-state index contributed by atoms with van der Waals surface area (Å²) in [4.78, 5) is 213. The topological polar surface area (TPSA) is 721 Å². The van der Waals surface area contributed by atoms with Crippen LogP contribution in [-0.4, -0.2) is 239 Å². The van der Waals surface area contributed by atoms with Crippen LogP contribution >= 0.6 is 11.8 Å². The van der Waals surface area contributed by atoms with E-state index in [0.717, 1.165) is 0 Å². The summed E-state index contributed by atoms with van der Waals surface area (Å²) in [6.07, 6.45) is 3.44. The molecule has 0 aliphatic heterocycles. The minimum Gasteiger partial charge on any atom is -0.508 e. The van der Waals surface area contributed by atoms with Gasteiger partial charge in [0.25, 0.3) is 0 Å². The van der Waals surface area contributed by atoms with Crippen molar-refractivity contribution in [1.82, 2.24) is 95.0 Å². The number of carboxylic acid groups (broad SMARTS) is 1. The van der Waals surface area contributed by atoms with E-state index in [2.05, 4.69) is 95.0 Å². The summed E-state index contributed by atoms with van der Waals surface area (Å²) in [5, 5.41) is 76.3. The molecule has 119 heavy (non-hydrogen) atoms. The monoisotopic (exact) mass is 1680 g/mol. The van der Waals surface area contributed by atoms with Crippen molar-refractivity contribution in [2.75, 3.05) is 51.3 Å². The number of rotatable bonds is 55. The van der Waals surface area contributed by atoms with Gasteiger partial charge in [0.1, 0.15) is 66.2 Å². The molecule has 0 fully saturated rings. The highest BCUT2D eigenvalue weighted by Gasteiger charge is 2.38. The zero-order valence-electron chi connectivity index (χ0n) is 66.6. The molecule has 0 bridgehead atoms. The molecule has 4 aromatic rings. The lowest BCUT2D eigenvalue weighted by Gasteiger charge is -2.29. The number of H-pyrrole nitrogens is 1. The number of hydrogen-bond acceptors (Lipinski definition) is 21. The maximum Gasteiger partial charge on any atom is 0.326 e. The number of aromatic hydroxyl groups is 1. The van der Waals surface area contributed by atoms with E-state index in [9.17, 15) is 77.3 Å². The highest BCUT2D eigenvalue weighted by Crippen LogP contribution is 2.16. The van der Waals surface area contributed by atoms with Crippen LogP contribution in [-0.2, 0) is 83.2 Å². The Hall–Kier alpha value is -13.0. The number of nitrogens with one attached hydrogen (secondary N) is 19. The first-order valence-electron chi connectivity index (χ1n) is 38.5. The van der Waals surface area contributed by atoms with Gasteiger partial charge in [-0.15, -0.1) is 0 Å². The molecule has 0 saturated heterocycles. The second-order valence-electron chi connectivity index (χ2n) is 28.1. The van der Waals surface area contributed by atoms with Crippen LogP contribution in [0.4, 0.5) is 14.4 Å². The smallest absolute Gasteiger partial charge is 0.326 e. The van der Waals surface area contributed by atoms with E-state index >= 15 is 4.79 Å². The Kier molecular flexibility index (Phi) is 44.0. The van der Waals surface area contributed by atoms with Gasteiger partial charge in [0, 0.05) is 70.3 Å². The van der Waals surface area contributed by atoms with Gasteiger partial charge in [0.15, 0.2) is 11.9 Å². The second kappa shape index (κ2) is 53.3. The summed E-state index contributed by atoms with van der Waals surface area (Å²) in [7, 11) is 0. The van der Waals surface area contributed by atoms with Gasteiger partial charge in [-0.3, -0.25) is 63.6 Å². The van der Waals surface area contributed by atoms with E-state index in [-0.39, 0.29) is 146 Å². The number of phenols is 1. The predicted octanol–water partition coefficient (Wildman–Crippen LogP) is -4.96. The molecule has 33 N–H and O–H groups in total. The number of urea groups is 3. The number of guanidine groups is 2. The number of aromatic nitrogens is 2. The maximum absolute atomic E-state index is 15.0. The van der Waals surface area contributed by atoms with Crippen LogP contribution < -0.4 is 119 Å². The molecular formula is C75H114N26O17S. The number of nitrogens with zero attached hydrogens (tertiary/aromatic N) is 1. The van der Waals surface area contributed by atoms with E-state index in [1.165, 1.54) is 48.6 Å². The van der Waals surface area contributed by atoms with Gasteiger partial charge in [-0.2, -0.15) is 11.8 Å². The molecule has 1 aromatic heterocycles. The quantitative estimate of drug-likeness (QED) is 0.0112. The van der Waals surface area contributed by atoms with Crippen molar-refractivity contribution in [3.05, 3.63) is 120 Å². The lowest BCUT2D eigenvalue weighted by atomic mass is 9.99. The standard InChI is InChI=1S/C75H114N26O17S/c1-42(2)59(69(113)100-56(37-45-24-26-47(102)27-25-45)66(110)94-50(21-12-32-88-74(82)117)62(106)98-55(36-44-17-8-5-9-18-44)67(111)97-53(70(114)115)23-14-30-86-72(79)80)101-64(108)51(22-13-33-89-75(83)118)95-65(109)54(35-43-15-6-4-7-16-43)99-63(107)52(28-34-119-3)96-68(112)57(38-46-39-84-41-91-46)92-58(103)40-90-61(105)49(20-11-31-87-73(81)116)93-60(104)48(76)19-10-29-85-71(77)78/h4-9,15-18,24-27,39,41-42,48-57,59,102H,10-14,19-23,28-38,40,76H2,1-3H3,(H,84,91)(H,90,105)(H,92,103)(H,93,104)(H,94,110)(H,95,109)(H,96,112)(H,97,111)(H,98,106)(H,99,107)(H,100,113)(H,101,108)(H,114,115)(H4,77,78,85)(H4,79,80,86)(H3,81,87,116)(H3,82,88,117)(H3,83,89,118)/t48-,49-,50-,51-,52-,53-,54-,55-,56-,57-,59-/m0/s1. The Morgan fingerprint density at radius 3 is 1.17 bits per heavy atom. The molecule has 1 heterocycles. The van der Waals surface area contributed by atoms with Crippen LogP contribution in [0.3, 0.4) is 0 Å². The molecule has 0 unspecified atom stereocenters. The molecular weight excluding hydrogens is 1570 g/mol. The highest BCUT2D eigenvalue weighted by atomic mass is 32.2. The minimum atomic E-state index is -1.62. The number of nitrogens with two attached hydrogens (primary N) is 6. The Morgan fingerprint density at radius 1 is 0.412 bits per heavy atom. The lowest BCUT2D eigenvalue weighted by molar-refractivity contribution is -0.142. The number of carbonyl (C=O) groups is 15. The normalized spacial score (nSPS) is 13.7. The average Bonchev–Trinajstić information content (AvgIpc) is 0.876. The molecule has 652 valence electrons. The number of aliphatic carboxylic acids is 1. The van der Waals surface area contributed by atoms with Crippen molar-refractivity contribution in [2.24, 2.45) is 40.3 Å². The first-order chi connectivity index (χ1) is 56.6. The molecule has 0 radical (unpaired) electrons. The van der Waals surface area contributed by atoms with Gasteiger partial charge in [0.2, 0.25) is 65.0 Å². The van der Waals surface area contributed by atoms with Crippen LogP contribution in [0.5, 0.6) is 5.75 Å². The number of imidazole rings is 1. The van der Waals surface area contributed by atoms with E-state index in [1.807, 2.05) is 0 Å². The highest BCUT2D eigenvalue weighted by molar-refractivity contribution is 7.98. The number of hydrogen-bond donors (Lipinski definition) is 27. The fourth-order valence-corrected chi connectivity index (χ4v) is 12.3. The van der Waals surface area contributed by atoms with Crippen molar-refractivity contribution in [2.45, 2.75) is 177 Å². The molecule has 17 amide bonds. The summed E-state index contributed by atoms with van der Waals surface area (Å²) in [5.74, 6) is -12.8. The van der Waals surface area contributed by atoms with E-state index in [1.54, 1.807) is 80.8 Å². The summed E-state index contributed by atoms with van der Waals surface area (Å²) >= 11 is 1.30. The van der Waals surface area contributed by atoms with E-state index in [4.69, 9.17) is 45.2 Å². The number of carboxylic acids is 1. The minimum absolute atomic E-state index is 0.0140. The van der Waals surface area contributed by atoms with Crippen LogP contribution in [0.2, 0.25) is 0 Å². The molecule has 0 aliphatic carbocycles.